The third-order valence-corrected chi connectivity index (χ3v) is 3.81. The number of carbonyl (C=O) groups excluding carboxylic acids is 1. The summed E-state index contributed by atoms with van der Waals surface area (Å²) in [5, 5.41) is 10.0. The molecule has 1 atom stereocenters. The van der Waals surface area contributed by atoms with Crippen molar-refractivity contribution >= 4 is 5.91 Å². The minimum Gasteiger partial charge on any atom is -0.392 e. The molecule has 3 N–H and O–H groups in total. The predicted octanol–water partition coefficient (Wildman–Crippen LogP) is 2.56. The molecule has 122 valence electrons. The minimum absolute atomic E-state index is 0.363. The second kappa shape index (κ2) is 8.46. The fourth-order valence-electron chi connectivity index (χ4n) is 2.53. The summed E-state index contributed by atoms with van der Waals surface area (Å²) in [7, 11) is 0. The van der Waals surface area contributed by atoms with E-state index in [1.807, 2.05) is 43.3 Å². The molecule has 1 unspecified atom stereocenters. The lowest BCUT2D eigenvalue weighted by Crippen LogP contribution is -2.31. The van der Waals surface area contributed by atoms with Gasteiger partial charge in [0.25, 0.3) is 0 Å². The molecule has 23 heavy (non-hydrogen) atoms. The van der Waals surface area contributed by atoms with E-state index in [-0.39, 0.29) is 6.10 Å². The van der Waals surface area contributed by atoms with Crippen LogP contribution in [-0.2, 0) is 13.1 Å². The summed E-state index contributed by atoms with van der Waals surface area (Å²) < 4.78 is 0. The first-order valence-electron chi connectivity index (χ1n) is 7.91. The van der Waals surface area contributed by atoms with Crippen LogP contribution in [0.2, 0.25) is 0 Å². The van der Waals surface area contributed by atoms with Gasteiger partial charge in [-0.2, -0.15) is 0 Å². The molecule has 0 spiro atoms. The quantitative estimate of drug-likeness (QED) is 0.787. The highest BCUT2D eigenvalue weighted by atomic mass is 16.3. The van der Waals surface area contributed by atoms with Gasteiger partial charge in [0.05, 0.1) is 6.10 Å². The van der Waals surface area contributed by atoms with E-state index in [4.69, 9.17) is 5.73 Å². The monoisotopic (exact) mass is 312 g/mol. The van der Waals surface area contributed by atoms with E-state index < -0.39 is 5.91 Å². The van der Waals surface area contributed by atoms with Crippen molar-refractivity contribution in [2.75, 3.05) is 6.54 Å². The number of amides is 1. The van der Waals surface area contributed by atoms with Crippen molar-refractivity contribution in [3.8, 4) is 0 Å². The molecule has 0 heterocycles. The third-order valence-electron chi connectivity index (χ3n) is 3.81. The van der Waals surface area contributed by atoms with Crippen molar-refractivity contribution in [1.82, 2.24) is 4.90 Å². The standard InChI is InChI=1S/C19H24N2O2/c1-2-18(22)14-21(12-15-7-4-3-5-8-15)13-16-9-6-10-17(11-16)19(20)23/h3-11,18,22H,2,12-14H2,1H3,(H2,20,23). The average molecular weight is 312 g/mol. The number of carbonyl (C=O) groups is 1. The molecule has 2 aromatic carbocycles. The molecule has 4 heteroatoms. The highest BCUT2D eigenvalue weighted by molar-refractivity contribution is 5.92. The Hall–Kier alpha value is -2.17. The van der Waals surface area contributed by atoms with E-state index in [9.17, 15) is 9.90 Å². The lowest BCUT2D eigenvalue weighted by atomic mass is 10.1. The summed E-state index contributed by atoms with van der Waals surface area (Å²) in [6.45, 7) is 3.97. The third kappa shape index (κ3) is 5.51. The van der Waals surface area contributed by atoms with Crippen LogP contribution in [0.5, 0.6) is 0 Å². The Kier molecular flexibility index (Phi) is 6.32. The number of aliphatic hydroxyl groups is 1. The summed E-state index contributed by atoms with van der Waals surface area (Å²) in [6.07, 6.45) is 0.352. The van der Waals surface area contributed by atoms with Crippen molar-refractivity contribution in [3.05, 3.63) is 71.3 Å². The topological polar surface area (TPSA) is 66.6 Å². The van der Waals surface area contributed by atoms with Crippen LogP contribution in [0.4, 0.5) is 0 Å². The van der Waals surface area contributed by atoms with Crippen LogP contribution < -0.4 is 5.73 Å². The van der Waals surface area contributed by atoms with Crippen molar-refractivity contribution in [3.63, 3.8) is 0 Å². The van der Waals surface area contributed by atoms with E-state index in [1.54, 1.807) is 6.07 Å². The van der Waals surface area contributed by atoms with Gasteiger partial charge < -0.3 is 10.8 Å². The zero-order chi connectivity index (χ0) is 16.7. The van der Waals surface area contributed by atoms with Gasteiger partial charge in [0.2, 0.25) is 5.91 Å². The van der Waals surface area contributed by atoms with Gasteiger partial charge in [-0.3, -0.25) is 9.69 Å². The molecular weight excluding hydrogens is 288 g/mol. The summed E-state index contributed by atoms with van der Waals surface area (Å²) >= 11 is 0. The number of rotatable bonds is 8. The van der Waals surface area contributed by atoms with Crippen molar-refractivity contribution in [1.29, 1.82) is 0 Å². The van der Waals surface area contributed by atoms with Crippen LogP contribution in [0.25, 0.3) is 0 Å². The lowest BCUT2D eigenvalue weighted by Gasteiger charge is -2.25. The zero-order valence-corrected chi connectivity index (χ0v) is 13.5. The van der Waals surface area contributed by atoms with Gasteiger partial charge in [-0.05, 0) is 29.7 Å². The molecule has 0 aliphatic carbocycles. The Morgan fingerprint density at radius 3 is 2.39 bits per heavy atom. The molecule has 2 aromatic rings. The number of primary amides is 1. The van der Waals surface area contributed by atoms with Crippen LogP contribution in [-0.4, -0.2) is 28.6 Å². The summed E-state index contributed by atoms with van der Waals surface area (Å²) in [5.41, 5.74) is 8.07. The summed E-state index contributed by atoms with van der Waals surface area (Å²) in [6, 6.07) is 17.5. The number of benzene rings is 2. The first-order valence-corrected chi connectivity index (χ1v) is 7.91. The van der Waals surface area contributed by atoms with Crippen LogP contribution in [0.15, 0.2) is 54.6 Å². The van der Waals surface area contributed by atoms with Gasteiger partial charge in [0.15, 0.2) is 0 Å². The maximum atomic E-state index is 11.3. The maximum Gasteiger partial charge on any atom is 0.248 e. The van der Waals surface area contributed by atoms with Crippen LogP contribution >= 0.6 is 0 Å². The Morgan fingerprint density at radius 2 is 1.74 bits per heavy atom. The van der Waals surface area contributed by atoms with Crippen molar-refractivity contribution < 1.29 is 9.90 Å². The average Bonchev–Trinajstić information content (AvgIpc) is 2.55. The number of aliphatic hydroxyl groups excluding tert-OH is 1. The molecule has 1 amide bonds. The van der Waals surface area contributed by atoms with E-state index >= 15 is 0 Å². The van der Waals surface area contributed by atoms with Crippen LogP contribution in [0.1, 0.15) is 34.8 Å². The van der Waals surface area contributed by atoms with Gasteiger partial charge in [-0.15, -0.1) is 0 Å². The number of nitrogens with two attached hydrogens (primary N) is 1. The molecule has 0 saturated heterocycles. The van der Waals surface area contributed by atoms with Gasteiger partial charge in [0.1, 0.15) is 0 Å². The van der Waals surface area contributed by atoms with E-state index in [2.05, 4.69) is 17.0 Å². The van der Waals surface area contributed by atoms with Crippen molar-refractivity contribution in [2.24, 2.45) is 5.73 Å². The maximum absolute atomic E-state index is 11.3. The fraction of sp³-hybridized carbons (Fsp3) is 0.316. The normalized spacial score (nSPS) is 12.3. The Labute approximate surface area is 137 Å². The van der Waals surface area contributed by atoms with Gasteiger partial charge in [-0.1, -0.05) is 49.4 Å². The van der Waals surface area contributed by atoms with Crippen LogP contribution in [0, 0.1) is 0 Å². The minimum atomic E-state index is -0.421. The molecule has 0 aromatic heterocycles. The highest BCUT2D eigenvalue weighted by Crippen LogP contribution is 2.13. The summed E-state index contributed by atoms with van der Waals surface area (Å²) in [5.74, 6) is -0.421. The molecule has 2 rings (SSSR count). The predicted molar refractivity (Wildman–Crippen MR) is 91.8 cm³/mol. The zero-order valence-electron chi connectivity index (χ0n) is 13.5. The molecule has 0 aliphatic heterocycles. The second-order valence-corrected chi connectivity index (χ2v) is 5.78. The Balaban J connectivity index is 2.13. The van der Waals surface area contributed by atoms with Gasteiger partial charge in [-0.25, -0.2) is 0 Å². The van der Waals surface area contributed by atoms with Crippen molar-refractivity contribution in [2.45, 2.75) is 32.5 Å². The van der Waals surface area contributed by atoms with E-state index in [0.717, 1.165) is 12.1 Å². The molecule has 0 bridgehead atoms. The molecule has 0 fully saturated rings. The Morgan fingerprint density at radius 1 is 1.09 bits per heavy atom. The highest BCUT2D eigenvalue weighted by Gasteiger charge is 2.12. The second-order valence-electron chi connectivity index (χ2n) is 5.78. The first-order chi connectivity index (χ1) is 11.1. The Bertz CT molecular complexity index is 628. The molecule has 0 saturated carbocycles. The van der Waals surface area contributed by atoms with E-state index in [0.29, 0.717) is 25.1 Å². The molecule has 0 aliphatic rings. The van der Waals surface area contributed by atoms with Crippen LogP contribution in [0.3, 0.4) is 0 Å². The SMILES string of the molecule is CCC(O)CN(Cc1ccccc1)Cc1cccc(C(N)=O)c1. The number of nitrogens with zero attached hydrogens (tertiary/aromatic N) is 1. The molecule has 0 radical (unpaired) electrons. The number of hydrogen-bond donors (Lipinski definition) is 2. The summed E-state index contributed by atoms with van der Waals surface area (Å²) in [4.78, 5) is 13.5. The van der Waals surface area contributed by atoms with Gasteiger partial charge in [0, 0.05) is 25.2 Å². The lowest BCUT2D eigenvalue weighted by molar-refractivity contribution is 0.0992. The number of hydrogen-bond acceptors (Lipinski definition) is 3. The van der Waals surface area contributed by atoms with E-state index in [1.165, 1.54) is 5.56 Å². The molecule has 4 nitrogen and oxygen atoms in total. The molecular formula is C19H24N2O2. The fourth-order valence-corrected chi connectivity index (χ4v) is 2.53. The first kappa shape index (κ1) is 17.2. The van der Waals surface area contributed by atoms with Gasteiger partial charge >= 0.3 is 0 Å². The smallest absolute Gasteiger partial charge is 0.248 e. The largest absolute Gasteiger partial charge is 0.392 e.